The molecule has 2 aliphatic heterocycles. The van der Waals surface area contributed by atoms with Crippen molar-refractivity contribution in [2.45, 2.75) is 6.04 Å². The first-order valence-corrected chi connectivity index (χ1v) is 14.3. The van der Waals surface area contributed by atoms with Crippen molar-refractivity contribution in [1.82, 2.24) is 34.1 Å². The number of hydrogen-bond donors (Lipinski definition) is 1. The van der Waals surface area contributed by atoms with Crippen molar-refractivity contribution in [2.24, 2.45) is 0 Å². The van der Waals surface area contributed by atoms with Gasteiger partial charge in [0.1, 0.15) is 29.8 Å². The van der Waals surface area contributed by atoms with Gasteiger partial charge < -0.3 is 33.9 Å². The van der Waals surface area contributed by atoms with E-state index in [1.54, 1.807) is 47.3 Å². The maximum absolute atomic E-state index is 15.3. The number of nitrogens with zero attached hydrogens (tertiary/aromatic N) is 8. The zero-order valence-electron chi connectivity index (χ0n) is 24.5. The number of pyridine rings is 2. The molecule has 45 heavy (non-hydrogen) atoms. The van der Waals surface area contributed by atoms with Crippen LogP contribution in [0.4, 0.5) is 26.1 Å². The van der Waals surface area contributed by atoms with Gasteiger partial charge in [0.25, 0.3) is 0 Å². The van der Waals surface area contributed by atoms with Gasteiger partial charge >= 0.3 is 0 Å². The van der Waals surface area contributed by atoms with Gasteiger partial charge in [0.05, 0.1) is 17.2 Å². The van der Waals surface area contributed by atoms with Gasteiger partial charge in [-0.15, -0.1) is 0 Å². The molecule has 1 fully saturated rings. The minimum atomic E-state index is -0.772. The standard InChI is InChI=1S/C31H29F2N9O3/c1-39(2)7-3-4-28(43)42-11-10-41-16-19(42)17-44-26-15-24-29(38-31(26)41)30(36-18-35-24)37-23-13-22(33)25(14-21(23)32)45-20-5-8-40-9-6-34-27(40)12-20/h3-6,8-9,12-15,18-19H,7,10-11,16-17H2,1-2H3,(H,35,36,37)/b4-3+/t19-/m0/s1. The number of carbonyl (C=O) groups excluding carboxylic acids is 1. The van der Waals surface area contributed by atoms with Crippen molar-refractivity contribution in [3.8, 4) is 17.2 Å². The summed E-state index contributed by atoms with van der Waals surface area (Å²) in [6.45, 7) is 2.55. The number of benzene rings is 1. The Bertz CT molecular complexity index is 1950. The van der Waals surface area contributed by atoms with E-state index in [2.05, 4.69) is 25.2 Å². The van der Waals surface area contributed by atoms with Gasteiger partial charge in [-0.1, -0.05) is 6.08 Å². The molecule has 2 aliphatic rings. The highest BCUT2D eigenvalue weighted by Crippen LogP contribution is 2.37. The van der Waals surface area contributed by atoms with Crippen LogP contribution >= 0.6 is 0 Å². The number of hydrogen-bond acceptors (Lipinski definition) is 10. The molecule has 0 aliphatic carbocycles. The summed E-state index contributed by atoms with van der Waals surface area (Å²) in [5.41, 5.74) is 1.28. The molecule has 7 rings (SSSR count). The van der Waals surface area contributed by atoms with Crippen molar-refractivity contribution < 1.29 is 23.0 Å². The van der Waals surface area contributed by atoms with Gasteiger partial charge in [0, 0.05) is 75.1 Å². The number of nitrogens with one attached hydrogen (secondary N) is 1. The van der Waals surface area contributed by atoms with Crippen LogP contribution in [0.1, 0.15) is 0 Å². The normalized spacial score (nSPS) is 16.2. The fourth-order valence-corrected chi connectivity index (χ4v) is 5.42. The van der Waals surface area contributed by atoms with E-state index < -0.39 is 11.6 Å². The minimum absolute atomic E-state index is 0.0590. The lowest BCUT2D eigenvalue weighted by atomic mass is 10.1. The number of piperazine rings is 1. The molecular formula is C31H29F2N9O3. The first-order chi connectivity index (χ1) is 21.8. The van der Waals surface area contributed by atoms with Crippen molar-refractivity contribution in [2.75, 3.05) is 57.1 Å². The van der Waals surface area contributed by atoms with Crippen LogP contribution in [-0.2, 0) is 4.79 Å². The summed E-state index contributed by atoms with van der Waals surface area (Å²) in [6.07, 6.45) is 9.87. The highest BCUT2D eigenvalue weighted by molar-refractivity contribution is 5.90. The van der Waals surface area contributed by atoms with E-state index in [1.165, 1.54) is 6.33 Å². The lowest BCUT2D eigenvalue weighted by molar-refractivity contribution is -0.129. The molecule has 2 bridgehead atoms. The number of likely N-dealkylation sites (N-methyl/N-ethyl adjacent to an activating group) is 1. The first-order valence-electron chi connectivity index (χ1n) is 14.3. The maximum Gasteiger partial charge on any atom is 0.246 e. The summed E-state index contributed by atoms with van der Waals surface area (Å²) in [4.78, 5) is 36.4. The van der Waals surface area contributed by atoms with E-state index in [9.17, 15) is 4.79 Å². The van der Waals surface area contributed by atoms with Crippen LogP contribution in [-0.4, -0.2) is 93.0 Å². The molecule has 0 radical (unpaired) electrons. The fraction of sp³-hybridized carbons (Fsp3) is 0.258. The van der Waals surface area contributed by atoms with Gasteiger partial charge in [-0.2, -0.15) is 0 Å². The quantitative estimate of drug-likeness (QED) is 0.270. The molecule has 6 heterocycles. The molecule has 0 unspecified atom stereocenters. The number of amides is 1. The first kappa shape index (κ1) is 28.4. The second-order valence-electron chi connectivity index (χ2n) is 11.1. The summed E-state index contributed by atoms with van der Waals surface area (Å²) in [5, 5.41) is 2.87. The zero-order chi connectivity index (χ0) is 31.1. The Balaban J connectivity index is 1.12. The molecular weight excluding hydrogens is 584 g/mol. The maximum atomic E-state index is 15.3. The number of ether oxygens (including phenoxy) is 2. The van der Waals surface area contributed by atoms with Gasteiger partial charge in [0.2, 0.25) is 5.91 Å². The zero-order valence-corrected chi connectivity index (χ0v) is 24.5. The van der Waals surface area contributed by atoms with E-state index in [1.807, 2.05) is 30.0 Å². The molecule has 1 amide bonds. The van der Waals surface area contributed by atoms with E-state index in [0.717, 1.165) is 12.1 Å². The van der Waals surface area contributed by atoms with Crippen molar-refractivity contribution in [1.29, 1.82) is 0 Å². The third kappa shape index (κ3) is 5.67. The lowest BCUT2D eigenvalue weighted by Crippen LogP contribution is -2.56. The second kappa shape index (κ2) is 11.6. The monoisotopic (exact) mass is 613 g/mol. The van der Waals surface area contributed by atoms with E-state index in [-0.39, 0.29) is 29.2 Å². The van der Waals surface area contributed by atoms with Crippen LogP contribution in [0, 0.1) is 11.6 Å². The summed E-state index contributed by atoms with van der Waals surface area (Å²) in [6, 6.07) is 6.81. The van der Waals surface area contributed by atoms with E-state index in [0.29, 0.717) is 66.8 Å². The third-order valence-electron chi connectivity index (χ3n) is 7.66. The van der Waals surface area contributed by atoms with Crippen molar-refractivity contribution >= 4 is 39.9 Å². The van der Waals surface area contributed by atoms with Gasteiger partial charge in [-0.3, -0.25) is 4.79 Å². The molecule has 1 saturated heterocycles. The predicted molar refractivity (Wildman–Crippen MR) is 163 cm³/mol. The molecule has 1 aromatic carbocycles. The third-order valence-corrected chi connectivity index (χ3v) is 7.66. The van der Waals surface area contributed by atoms with Crippen LogP contribution in [0.3, 0.4) is 0 Å². The van der Waals surface area contributed by atoms with Crippen LogP contribution in [0.15, 0.2) is 67.4 Å². The average Bonchev–Trinajstić information content (AvgIpc) is 3.45. The molecule has 0 saturated carbocycles. The van der Waals surface area contributed by atoms with Gasteiger partial charge in [-0.05, 0) is 20.2 Å². The number of anilines is 3. The smallest absolute Gasteiger partial charge is 0.246 e. The van der Waals surface area contributed by atoms with E-state index in [4.69, 9.17) is 14.5 Å². The minimum Gasteiger partial charge on any atom is -0.487 e. The number of aromatic nitrogens is 5. The number of imidazole rings is 1. The highest BCUT2D eigenvalue weighted by Gasteiger charge is 2.35. The largest absolute Gasteiger partial charge is 0.487 e. The Kier molecular flexibility index (Phi) is 7.33. The Hall–Kier alpha value is -5.37. The van der Waals surface area contributed by atoms with Crippen LogP contribution in [0.5, 0.6) is 17.2 Å². The molecule has 1 atom stereocenters. The second-order valence-corrected chi connectivity index (χ2v) is 11.1. The topological polar surface area (TPSA) is 113 Å². The number of carbonyl (C=O) groups is 1. The number of rotatable bonds is 7. The number of halogens is 2. The molecule has 230 valence electrons. The lowest BCUT2D eigenvalue weighted by Gasteiger charge is -2.39. The van der Waals surface area contributed by atoms with Crippen LogP contribution in [0.2, 0.25) is 0 Å². The Morgan fingerprint density at radius 2 is 2.02 bits per heavy atom. The molecule has 4 aromatic heterocycles. The van der Waals surface area contributed by atoms with Gasteiger partial charge in [-0.25, -0.2) is 28.7 Å². The summed E-state index contributed by atoms with van der Waals surface area (Å²) in [7, 11) is 3.88. The fourth-order valence-electron chi connectivity index (χ4n) is 5.42. The van der Waals surface area contributed by atoms with Gasteiger partial charge in [0.15, 0.2) is 34.8 Å². The highest BCUT2D eigenvalue weighted by atomic mass is 19.1. The average molecular weight is 614 g/mol. The van der Waals surface area contributed by atoms with Crippen molar-refractivity contribution in [3.63, 3.8) is 0 Å². The van der Waals surface area contributed by atoms with Crippen molar-refractivity contribution in [3.05, 3.63) is 79.0 Å². The molecule has 1 N–H and O–H groups in total. The Labute approximate surface area is 256 Å². The summed E-state index contributed by atoms with van der Waals surface area (Å²) >= 11 is 0. The number of fused-ring (bicyclic) bond motifs is 6. The van der Waals surface area contributed by atoms with E-state index >= 15 is 8.78 Å². The van der Waals surface area contributed by atoms with Crippen LogP contribution < -0.4 is 19.7 Å². The molecule has 0 spiro atoms. The Morgan fingerprint density at radius 1 is 1.13 bits per heavy atom. The Morgan fingerprint density at radius 3 is 2.89 bits per heavy atom. The molecule has 14 heteroatoms. The SMILES string of the molecule is CN(C)C/C=C/C(=O)N1CCN2C[C@H]1COc1cc3ncnc(Nc4cc(F)c(Oc5ccn6ccnc6c5)cc4F)c3nc12. The predicted octanol–water partition coefficient (Wildman–Crippen LogP) is 4.01. The molecule has 5 aromatic rings. The summed E-state index contributed by atoms with van der Waals surface area (Å²) < 4.78 is 43.9. The van der Waals surface area contributed by atoms with Crippen LogP contribution in [0.25, 0.3) is 16.7 Å². The summed E-state index contributed by atoms with van der Waals surface area (Å²) in [5.74, 6) is -0.247. The molecule has 12 nitrogen and oxygen atoms in total.